The highest BCUT2D eigenvalue weighted by Gasteiger charge is 2.34. The zero-order valence-electron chi connectivity index (χ0n) is 8.94. The second kappa shape index (κ2) is 4.12. The average molecular weight is 241 g/mol. The van der Waals surface area contributed by atoms with Crippen molar-refractivity contribution in [2.24, 2.45) is 0 Å². The van der Waals surface area contributed by atoms with Crippen molar-refractivity contribution in [3.8, 4) is 0 Å². The minimum Gasteiger partial charge on any atom is -0.454 e. The molecule has 1 amide bonds. The van der Waals surface area contributed by atoms with Crippen LogP contribution in [0, 0.1) is 11.6 Å². The Bertz CT molecular complexity index is 490. The maximum atomic E-state index is 13.1. The molecule has 0 radical (unpaired) electrons. The minimum absolute atomic E-state index is 0.137. The summed E-state index contributed by atoms with van der Waals surface area (Å²) in [5.41, 5.74) is 0.137. The number of anilines is 1. The van der Waals surface area contributed by atoms with Gasteiger partial charge in [0.25, 0.3) is 5.91 Å². The molecule has 90 valence electrons. The van der Waals surface area contributed by atoms with Crippen molar-refractivity contribution in [3.63, 3.8) is 0 Å². The standard InChI is InChI=1S/C11H9F2NO3/c1-6-11(16)17-5-10(15)14(6)7-2-3-8(12)9(13)4-7/h2-4,6H,5H2,1H3. The molecule has 0 spiro atoms. The zero-order chi connectivity index (χ0) is 12.6. The first kappa shape index (κ1) is 11.5. The molecule has 1 aromatic rings. The predicted octanol–water partition coefficient (Wildman–Crippen LogP) is 1.24. The van der Waals surface area contributed by atoms with E-state index in [1.165, 1.54) is 13.0 Å². The van der Waals surface area contributed by atoms with Gasteiger partial charge < -0.3 is 4.74 Å². The molecule has 1 heterocycles. The van der Waals surface area contributed by atoms with Gasteiger partial charge in [0.1, 0.15) is 6.04 Å². The topological polar surface area (TPSA) is 46.6 Å². The number of rotatable bonds is 1. The quantitative estimate of drug-likeness (QED) is 0.695. The molecule has 0 saturated carbocycles. The Morgan fingerprint density at radius 2 is 2.00 bits per heavy atom. The first-order valence-electron chi connectivity index (χ1n) is 4.94. The molecular weight excluding hydrogens is 232 g/mol. The lowest BCUT2D eigenvalue weighted by Gasteiger charge is -2.31. The van der Waals surface area contributed by atoms with E-state index < -0.39 is 29.6 Å². The lowest BCUT2D eigenvalue weighted by atomic mass is 10.2. The van der Waals surface area contributed by atoms with E-state index in [2.05, 4.69) is 4.74 Å². The molecule has 2 rings (SSSR count). The molecule has 1 aliphatic heterocycles. The van der Waals surface area contributed by atoms with Crippen LogP contribution in [0.3, 0.4) is 0 Å². The largest absolute Gasteiger partial charge is 0.454 e. The highest BCUT2D eigenvalue weighted by atomic mass is 19.2. The Balaban J connectivity index is 2.39. The monoisotopic (exact) mass is 241 g/mol. The van der Waals surface area contributed by atoms with E-state index in [0.29, 0.717) is 0 Å². The van der Waals surface area contributed by atoms with Crippen LogP contribution in [0.15, 0.2) is 18.2 Å². The summed E-state index contributed by atoms with van der Waals surface area (Å²) >= 11 is 0. The molecule has 1 fully saturated rings. The van der Waals surface area contributed by atoms with Crippen LogP contribution in [0.25, 0.3) is 0 Å². The van der Waals surface area contributed by atoms with Gasteiger partial charge in [0, 0.05) is 11.8 Å². The number of benzene rings is 1. The maximum Gasteiger partial charge on any atom is 0.329 e. The number of ether oxygens (including phenoxy) is 1. The molecule has 1 aromatic carbocycles. The highest BCUT2D eigenvalue weighted by molar-refractivity contribution is 6.03. The second-order valence-corrected chi connectivity index (χ2v) is 3.65. The van der Waals surface area contributed by atoms with Gasteiger partial charge in [0.2, 0.25) is 0 Å². The molecule has 1 aliphatic rings. The van der Waals surface area contributed by atoms with E-state index in [1.54, 1.807) is 0 Å². The fourth-order valence-electron chi connectivity index (χ4n) is 1.65. The van der Waals surface area contributed by atoms with E-state index in [0.717, 1.165) is 17.0 Å². The van der Waals surface area contributed by atoms with Crippen LogP contribution in [0.4, 0.5) is 14.5 Å². The van der Waals surface area contributed by atoms with Crippen molar-refractivity contribution >= 4 is 17.6 Å². The van der Waals surface area contributed by atoms with Crippen molar-refractivity contribution in [1.82, 2.24) is 0 Å². The summed E-state index contributed by atoms with van der Waals surface area (Å²) in [4.78, 5) is 24.0. The Morgan fingerprint density at radius 1 is 1.29 bits per heavy atom. The number of amides is 1. The SMILES string of the molecule is CC1C(=O)OCC(=O)N1c1ccc(F)c(F)c1. The molecule has 6 heteroatoms. The van der Waals surface area contributed by atoms with Crippen molar-refractivity contribution in [2.75, 3.05) is 11.5 Å². The minimum atomic E-state index is -1.07. The fourth-order valence-corrected chi connectivity index (χ4v) is 1.65. The van der Waals surface area contributed by atoms with Gasteiger partial charge in [-0.1, -0.05) is 0 Å². The van der Waals surface area contributed by atoms with Crippen molar-refractivity contribution < 1.29 is 23.1 Å². The van der Waals surface area contributed by atoms with E-state index in [-0.39, 0.29) is 12.3 Å². The molecular formula is C11H9F2NO3. The van der Waals surface area contributed by atoms with Crippen LogP contribution in [-0.2, 0) is 14.3 Å². The number of esters is 1. The number of morpholine rings is 1. The Morgan fingerprint density at radius 3 is 2.65 bits per heavy atom. The number of cyclic esters (lactones) is 1. The third-order valence-corrected chi connectivity index (χ3v) is 2.52. The third kappa shape index (κ3) is 1.98. The Hall–Kier alpha value is -1.98. The lowest BCUT2D eigenvalue weighted by molar-refractivity contribution is -0.154. The van der Waals surface area contributed by atoms with E-state index in [1.807, 2.05) is 0 Å². The second-order valence-electron chi connectivity index (χ2n) is 3.65. The Labute approximate surface area is 95.8 Å². The van der Waals surface area contributed by atoms with Gasteiger partial charge in [-0.2, -0.15) is 0 Å². The van der Waals surface area contributed by atoms with Crippen molar-refractivity contribution in [3.05, 3.63) is 29.8 Å². The smallest absolute Gasteiger partial charge is 0.329 e. The molecule has 0 aromatic heterocycles. The van der Waals surface area contributed by atoms with Gasteiger partial charge in [-0.3, -0.25) is 9.69 Å². The zero-order valence-corrected chi connectivity index (χ0v) is 8.94. The number of carbonyl (C=O) groups is 2. The summed E-state index contributed by atoms with van der Waals surface area (Å²) in [5, 5.41) is 0. The number of carbonyl (C=O) groups excluding carboxylic acids is 2. The summed E-state index contributed by atoms with van der Waals surface area (Å²) in [6, 6.07) is 2.18. The van der Waals surface area contributed by atoms with Gasteiger partial charge in [-0.05, 0) is 19.1 Å². The Kier molecular flexibility index (Phi) is 2.79. The first-order valence-corrected chi connectivity index (χ1v) is 4.94. The highest BCUT2D eigenvalue weighted by Crippen LogP contribution is 2.23. The van der Waals surface area contributed by atoms with Crippen LogP contribution >= 0.6 is 0 Å². The lowest BCUT2D eigenvalue weighted by Crippen LogP contribution is -2.51. The number of hydrogen-bond acceptors (Lipinski definition) is 3. The van der Waals surface area contributed by atoms with Gasteiger partial charge in [-0.25, -0.2) is 13.6 Å². The van der Waals surface area contributed by atoms with E-state index >= 15 is 0 Å². The predicted molar refractivity (Wildman–Crippen MR) is 54.3 cm³/mol. The molecule has 0 bridgehead atoms. The number of hydrogen-bond donors (Lipinski definition) is 0. The molecule has 1 atom stereocenters. The van der Waals surface area contributed by atoms with Crippen LogP contribution in [0.2, 0.25) is 0 Å². The van der Waals surface area contributed by atoms with E-state index in [9.17, 15) is 18.4 Å². The molecule has 1 unspecified atom stereocenters. The van der Waals surface area contributed by atoms with Crippen LogP contribution < -0.4 is 4.90 Å². The van der Waals surface area contributed by atoms with Crippen molar-refractivity contribution in [2.45, 2.75) is 13.0 Å². The van der Waals surface area contributed by atoms with Crippen molar-refractivity contribution in [1.29, 1.82) is 0 Å². The van der Waals surface area contributed by atoms with Gasteiger partial charge in [-0.15, -0.1) is 0 Å². The summed E-state index contributed by atoms with van der Waals surface area (Å²) < 4.78 is 30.4. The van der Waals surface area contributed by atoms with Crippen LogP contribution in [0.1, 0.15) is 6.92 Å². The molecule has 1 saturated heterocycles. The van der Waals surface area contributed by atoms with Gasteiger partial charge in [0.05, 0.1) is 0 Å². The normalized spacial score (nSPS) is 20.4. The molecule has 4 nitrogen and oxygen atoms in total. The number of nitrogens with zero attached hydrogens (tertiary/aromatic N) is 1. The third-order valence-electron chi connectivity index (χ3n) is 2.52. The summed E-state index contributed by atoms with van der Waals surface area (Å²) in [5.74, 6) is -3.12. The van der Waals surface area contributed by atoms with E-state index in [4.69, 9.17) is 0 Å². The average Bonchev–Trinajstić information content (AvgIpc) is 2.29. The maximum absolute atomic E-state index is 13.1. The fraction of sp³-hybridized carbons (Fsp3) is 0.273. The molecule has 17 heavy (non-hydrogen) atoms. The first-order chi connectivity index (χ1) is 8.00. The molecule has 0 aliphatic carbocycles. The summed E-state index contributed by atoms with van der Waals surface area (Å²) in [6.07, 6.45) is 0. The molecule has 0 N–H and O–H groups in total. The number of halogens is 2. The van der Waals surface area contributed by atoms with Gasteiger partial charge in [0.15, 0.2) is 18.2 Å². The summed E-state index contributed by atoms with van der Waals surface area (Å²) in [7, 11) is 0. The summed E-state index contributed by atoms with van der Waals surface area (Å²) in [6.45, 7) is 1.07. The van der Waals surface area contributed by atoms with Gasteiger partial charge >= 0.3 is 5.97 Å². The van der Waals surface area contributed by atoms with Crippen LogP contribution in [0.5, 0.6) is 0 Å². The van der Waals surface area contributed by atoms with Crippen LogP contribution in [-0.4, -0.2) is 24.5 Å².